The molecule has 0 unspecified atom stereocenters. The summed E-state index contributed by atoms with van der Waals surface area (Å²) >= 11 is 0. The highest BCUT2D eigenvalue weighted by Crippen LogP contribution is 2.09. The Hall–Kier alpha value is -2.21. The second kappa shape index (κ2) is 6.91. The van der Waals surface area contributed by atoms with Gasteiger partial charge in [0.1, 0.15) is 6.54 Å². The van der Waals surface area contributed by atoms with Gasteiger partial charge in [-0.05, 0) is 37.6 Å². The van der Waals surface area contributed by atoms with E-state index in [1.165, 1.54) is 5.56 Å². The fraction of sp³-hybridized carbons (Fsp3) is 0.471. The van der Waals surface area contributed by atoms with Crippen LogP contribution in [0.3, 0.4) is 0 Å². The molecular weight excluding hydrogens is 290 g/mol. The molecule has 2 aromatic rings. The molecule has 0 aromatic carbocycles. The summed E-state index contributed by atoms with van der Waals surface area (Å²) in [5.41, 5.74) is 3.26. The molecule has 3 rings (SSSR count). The smallest absolute Gasteiger partial charge is 0.244 e. The van der Waals surface area contributed by atoms with Crippen molar-refractivity contribution in [3.8, 4) is 0 Å². The van der Waals surface area contributed by atoms with Gasteiger partial charge in [0.25, 0.3) is 0 Å². The van der Waals surface area contributed by atoms with Gasteiger partial charge in [0, 0.05) is 50.8 Å². The maximum absolute atomic E-state index is 12.4. The van der Waals surface area contributed by atoms with Crippen LogP contribution in [-0.2, 0) is 17.9 Å². The number of nitrogens with zero attached hydrogens (tertiary/aromatic N) is 5. The van der Waals surface area contributed by atoms with E-state index in [2.05, 4.69) is 15.0 Å². The summed E-state index contributed by atoms with van der Waals surface area (Å²) in [5, 5.41) is 4.37. The minimum absolute atomic E-state index is 0.153. The van der Waals surface area contributed by atoms with E-state index in [9.17, 15) is 4.79 Å². The van der Waals surface area contributed by atoms with E-state index >= 15 is 0 Å². The molecule has 2 aromatic heterocycles. The van der Waals surface area contributed by atoms with Gasteiger partial charge in [0.2, 0.25) is 5.91 Å². The Labute approximate surface area is 136 Å². The van der Waals surface area contributed by atoms with Gasteiger partial charge in [0.15, 0.2) is 0 Å². The minimum Gasteiger partial charge on any atom is -0.339 e. The Bertz CT molecular complexity index is 659. The molecule has 0 atom stereocenters. The van der Waals surface area contributed by atoms with E-state index < -0.39 is 0 Å². The molecular formula is C17H23N5O. The van der Waals surface area contributed by atoms with E-state index in [-0.39, 0.29) is 5.91 Å². The van der Waals surface area contributed by atoms with Crippen LogP contribution in [0.1, 0.15) is 17.0 Å². The first kappa shape index (κ1) is 15.7. The predicted molar refractivity (Wildman–Crippen MR) is 87.8 cm³/mol. The van der Waals surface area contributed by atoms with Crippen LogP contribution in [0.25, 0.3) is 0 Å². The van der Waals surface area contributed by atoms with E-state index in [4.69, 9.17) is 0 Å². The number of rotatable bonds is 4. The maximum Gasteiger partial charge on any atom is 0.244 e. The summed E-state index contributed by atoms with van der Waals surface area (Å²) in [6, 6.07) is 6.08. The number of amides is 1. The van der Waals surface area contributed by atoms with E-state index in [0.717, 1.165) is 44.1 Å². The van der Waals surface area contributed by atoms with E-state index in [1.54, 1.807) is 4.68 Å². The van der Waals surface area contributed by atoms with Crippen LogP contribution in [0.4, 0.5) is 0 Å². The fourth-order valence-corrected chi connectivity index (χ4v) is 2.96. The lowest BCUT2D eigenvalue weighted by molar-refractivity contribution is -0.133. The molecule has 6 nitrogen and oxygen atoms in total. The van der Waals surface area contributed by atoms with Gasteiger partial charge < -0.3 is 4.90 Å². The lowest BCUT2D eigenvalue weighted by Gasteiger charge is -2.34. The monoisotopic (exact) mass is 313 g/mol. The van der Waals surface area contributed by atoms with Gasteiger partial charge >= 0.3 is 0 Å². The van der Waals surface area contributed by atoms with E-state index in [1.807, 2.05) is 49.3 Å². The highest BCUT2D eigenvalue weighted by atomic mass is 16.2. The molecule has 0 spiro atoms. The number of carbonyl (C=O) groups is 1. The number of aromatic nitrogens is 3. The molecule has 0 N–H and O–H groups in total. The molecule has 3 heterocycles. The molecule has 1 saturated heterocycles. The highest BCUT2D eigenvalue weighted by Gasteiger charge is 2.21. The Morgan fingerprint density at radius 2 is 1.83 bits per heavy atom. The van der Waals surface area contributed by atoms with E-state index in [0.29, 0.717) is 6.54 Å². The summed E-state index contributed by atoms with van der Waals surface area (Å²) in [4.78, 5) is 20.8. The number of aryl methyl sites for hydroxylation is 2. The van der Waals surface area contributed by atoms with Gasteiger partial charge in [-0.25, -0.2) is 0 Å². The first-order valence-electron chi connectivity index (χ1n) is 8.02. The number of piperazine rings is 1. The van der Waals surface area contributed by atoms with Crippen LogP contribution < -0.4 is 0 Å². The van der Waals surface area contributed by atoms with Gasteiger partial charge in [-0.1, -0.05) is 0 Å². The zero-order valence-corrected chi connectivity index (χ0v) is 13.8. The molecule has 1 amide bonds. The van der Waals surface area contributed by atoms with Gasteiger partial charge in [-0.15, -0.1) is 0 Å². The second-order valence-corrected chi connectivity index (χ2v) is 6.10. The standard InChI is InChI=1S/C17H23N5O/c1-14-11-15(2)22(19-14)13-17(23)21-9-7-20(8-10-21)12-16-3-5-18-6-4-16/h3-6,11H,7-10,12-13H2,1-2H3. The van der Waals surface area contributed by atoms with Crippen molar-refractivity contribution in [3.05, 3.63) is 47.5 Å². The lowest BCUT2D eigenvalue weighted by atomic mass is 10.2. The molecule has 1 aliphatic heterocycles. The quantitative estimate of drug-likeness (QED) is 0.852. The predicted octanol–water partition coefficient (Wildman–Crippen LogP) is 1.24. The SMILES string of the molecule is Cc1cc(C)n(CC(=O)N2CCN(Cc3ccncc3)CC2)n1. The van der Waals surface area contributed by atoms with Crippen LogP contribution in [0.5, 0.6) is 0 Å². The third-order valence-corrected chi connectivity index (χ3v) is 4.27. The summed E-state index contributed by atoms with van der Waals surface area (Å²) in [5.74, 6) is 0.153. The van der Waals surface area contributed by atoms with Crippen LogP contribution in [0.15, 0.2) is 30.6 Å². The van der Waals surface area contributed by atoms with Gasteiger partial charge in [0.05, 0.1) is 5.69 Å². The zero-order chi connectivity index (χ0) is 16.2. The lowest BCUT2D eigenvalue weighted by Crippen LogP contribution is -2.49. The Kier molecular flexibility index (Phi) is 4.71. The molecule has 122 valence electrons. The largest absolute Gasteiger partial charge is 0.339 e. The van der Waals surface area contributed by atoms with Crippen LogP contribution in [0.2, 0.25) is 0 Å². The second-order valence-electron chi connectivity index (χ2n) is 6.10. The Balaban J connectivity index is 1.50. The maximum atomic E-state index is 12.4. The average Bonchev–Trinajstić information content (AvgIpc) is 2.86. The summed E-state index contributed by atoms with van der Waals surface area (Å²) < 4.78 is 1.79. The number of carbonyl (C=O) groups excluding carboxylic acids is 1. The number of pyridine rings is 1. The molecule has 6 heteroatoms. The molecule has 1 aliphatic rings. The van der Waals surface area contributed by atoms with Crippen molar-refractivity contribution < 1.29 is 4.79 Å². The van der Waals surface area contributed by atoms with Crippen molar-refractivity contribution in [2.24, 2.45) is 0 Å². The van der Waals surface area contributed by atoms with Crippen molar-refractivity contribution >= 4 is 5.91 Å². The summed E-state index contributed by atoms with van der Waals surface area (Å²) in [7, 11) is 0. The molecule has 0 aliphatic carbocycles. The molecule has 0 radical (unpaired) electrons. The first-order valence-corrected chi connectivity index (χ1v) is 8.02. The van der Waals surface area contributed by atoms with Crippen LogP contribution in [-0.4, -0.2) is 56.7 Å². The minimum atomic E-state index is 0.153. The van der Waals surface area contributed by atoms with Crippen LogP contribution in [0, 0.1) is 13.8 Å². The molecule has 0 bridgehead atoms. The topological polar surface area (TPSA) is 54.3 Å². The Morgan fingerprint density at radius 1 is 1.13 bits per heavy atom. The van der Waals surface area contributed by atoms with Gasteiger partial charge in [-0.3, -0.25) is 19.4 Å². The normalized spacial score (nSPS) is 15.8. The third-order valence-electron chi connectivity index (χ3n) is 4.27. The highest BCUT2D eigenvalue weighted by molar-refractivity contribution is 5.76. The first-order chi connectivity index (χ1) is 11.1. The molecule has 23 heavy (non-hydrogen) atoms. The zero-order valence-electron chi connectivity index (χ0n) is 13.8. The van der Waals surface area contributed by atoms with Crippen LogP contribution >= 0.6 is 0 Å². The van der Waals surface area contributed by atoms with Crippen molar-refractivity contribution in [1.29, 1.82) is 0 Å². The number of hydrogen-bond donors (Lipinski definition) is 0. The van der Waals surface area contributed by atoms with Crippen molar-refractivity contribution in [3.63, 3.8) is 0 Å². The summed E-state index contributed by atoms with van der Waals surface area (Å²) in [6.45, 7) is 8.57. The molecule has 0 saturated carbocycles. The van der Waals surface area contributed by atoms with Crippen molar-refractivity contribution in [2.75, 3.05) is 26.2 Å². The third kappa shape index (κ3) is 3.96. The van der Waals surface area contributed by atoms with Gasteiger partial charge in [-0.2, -0.15) is 5.10 Å². The fourth-order valence-electron chi connectivity index (χ4n) is 2.96. The van der Waals surface area contributed by atoms with Crippen molar-refractivity contribution in [1.82, 2.24) is 24.6 Å². The molecule has 1 fully saturated rings. The summed E-state index contributed by atoms with van der Waals surface area (Å²) in [6.07, 6.45) is 3.65. The number of hydrogen-bond acceptors (Lipinski definition) is 4. The Morgan fingerprint density at radius 3 is 2.43 bits per heavy atom. The van der Waals surface area contributed by atoms with Crippen molar-refractivity contribution in [2.45, 2.75) is 26.9 Å². The average molecular weight is 313 g/mol.